The maximum absolute atomic E-state index is 5.03. The Balaban J connectivity index is 2.07. The van der Waals surface area contributed by atoms with Crippen molar-refractivity contribution < 1.29 is 0 Å². The van der Waals surface area contributed by atoms with Gasteiger partial charge in [-0.25, -0.2) is 0 Å². The standard InChI is InChI=1S/C12H14N2S/c1-13-7-8-14(12(13)10-15)9-11-5-3-2-4-6-11/h2-8,10,12H,9H2,1H3. The molecule has 2 nitrogen and oxygen atoms in total. The number of hydrogen-bond donors (Lipinski definition) is 0. The van der Waals surface area contributed by atoms with E-state index in [0.717, 1.165) is 6.54 Å². The summed E-state index contributed by atoms with van der Waals surface area (Å²) in [5.41, 5.74) is 1.30. The minimum Gasteiger partial charge on any atom is -0.355 e. The minimum absolute atomic E-state index is 0.209. The number of benzene rings is 1. The van der Waals surface area contributed by atoms with E-state index in [9.17, 15) is 0 Å². The largest absolute Gasteiger partial charge is 0.355 e. The fourth-order valence-corrected chi connectivity index (χ4v) is 2.06. The predicted octanol–water partition coefficient (Wildman–Crippen LogP) is 2.23. The Labute approximate surface area is 95.8 Å². The van der Waals surface area contributed by atoms with E-state index in [2.05, 4.69) is 46.5 Å². The summed E-state index contributed by atoms with van der Waals surface area (Å²) in [4.78, 5) is 4.33. The highest BCUT2D eigenvalue weighted by Gasteiger charge is 2.20. The molecule has 1 aliphatic heterocycles. The van der Waals surface area contributed by atoms with Crippen LogP contribution in [0.5, 0.6) is 0 Å². The maximum Gasteiger partial charge on any atom is 0.131 e. The third-order valence-corrected chi connectivity index (χ3v) is 2.82. The Hall–Kier alpha value is -1.35. The van der Waals surface area contributed by atoms with Crippen LogP contribution in [0.1, 0.15) is 5.56 Å². The molecule has 0 amide bonds. The van der Waals surface area contributed by atoms with Crippen molar-refractivity contribution in [1.82, 2.24) is 9.80 Å². The van der Waals surface area contributed by atoms with Gasteiger partial charge in [0.25, 0.3) is 0 Å². The highest BCUT2D eigenvalue weighted by atomic mass is 32.1. The van der Waals surface area contributed by atoms with Crippen LogP contribution in [-0.2, 0) is 6.54 Å². The Kier molecular flexibility index (Phi) is 3.02. The Morgan fingerprint density at radius 3 is 2.67 bits per heavy atom. The van der Waals surface area contributed by atoms with Crippen molar-refractivity contribution in [3.05, 3.63) is 48.3 Å². The second-order valence-electron chi connectivity index (χ2n) is 3.67. The molecule has 1 aromatic carbocycles. The molecule has 78 valence electrons. The average Bonchev–Trinajstić information content (AvgIpc) is 2.61. The van der Waals surface area contributed by atoms with Gasteiger partial charge in [-0.2, -0.15) is 0 Å². The summed E-state index contributed by atoms with van der Waals surface area (Å²) in [5, 5.41) is 1.79. The molecule has 0 fully saturated rings. The lowest BCUT2D eigenvalue weighted by Crippen LogP contribution is -2.36. The first kappa shape index (κ1) is 10.2. The van der Waals surface area contributed by atoms with Gasteiger partial charge < -0.3 is 9.80 Å². The Morgan fingerprint density at radius 1 is 1.27 bits per heavy atom. The van der Waals surface area contributed by atoms with Crippen LogP contribution in [0.2, 0.25) is 0 Å². The number of nitrogens with zero attached hydrogens (tertiary/aromatic N) is 2. The van der Waals surface area contributed by atoms with Crippen molar-refractivity contribution in [1.29, 1.82) is 0 Å². The summed E-state index contributed by atoms with van der Waals surface area (Å²) in [6.07, 6.45) is 4.34. The number of hydrogen-bond acceptors (Lipinski definition) is 3. The second kappa shape index (κ2) is 4.45. The predicted molar refractivity (Wildman–Crippen MR) is 66.3 cm³/mol. The maximum atomic E-state index is 5.03. The zero-order valence-corrected chi connectivity index (χ0v) is 9.52. The lowest BCUT2D eigenvalue weighted by atomic mass is 10.2. The van der Waals surface area contributed by atoms with Crippen LogP contribution in [0.25, 0.3) is 0 Å². The molecule has 0 radical (unpaired) electrons. The van der Waals surface area contributed by atoms with Gasteiger partial charge in [0, 0.05) is 31.4 Å². The normalized spacial score (nSPS) is 19.7. The molecule has 0 N–H and O–H groups in total. The highest BCUT2D eigenvalue weighted by Crippen LogP contribution is 2.15. The molecule has 1 heterocycles. The van der Waals surface area contributed by atoms with Crippen molar-refractivity contribution in [2.75, 3.05) is 7.05 Å². The first-order chi connectivity index (χ1) is 7.31. The van der Waals surface area contributed by atoms with E-state index in [4.69, 9.17) is 12.2 Å². The van der Waals surface area contributed by atoms with Gasteiger partial charge in [-0.3, -0.25) is 0 Å². The van der Waals surface area contributed by atoms with E-state index < -0.39 is 0 Å². The SMILES string of the molecule is CN1C=CN(Cc2ccccc2)C1C=S. The molecule has 0 saturated heterocycles. The van der Waals surface area contributed by atoms with Gasteiger partial charge in [0.1, 0.15) is 6.17 Å². The van der Waals surface area contributed by atoms with E-state index in [1.807, 2.05) is 13.1 Å². The topological polar surface area (TPSA) is 6.48 Å². The molecule has 0 spiro atoms. The molecule has 1 aromatic rings. The summed E-state index contributed by atoms with van der Waals surface area (Å²) in [7, 11) is 2.04. The van der Waals surface area contributed by atoms with E-state index >= 15 is 0 Å². The molecule has 2 rings (SSSR count). The van der Waals surface area contributed by atoms with E-state index in [1.54, 1.807) is 5.37 Å². The third-order valence-electron chi connectivity index (χ3n) is 2.58. The molecule has 1 aliphatic rings. The lowest BCUT2D eigenvalue weighted by Gasteiger charge is -2.26. The smallest absolute Gasteiger partial charge is 0.131 e. The van der Waals surface area contributed by atoms with Crippen LogP contribution in [0.15, 0.2) is 42.7 Å². The van der Waals surface area contributed by atoms with Gasteiger partial charge in [0.2, 0.25) is 0 Å². The number of rotatable bonds is 3. The van der Waals surface area contributed by atoms with Crippen LogP contribution < -0.4 is 0 Å². The van der Waals surface area contributed by atoms with Gasteiger partial charge in [-0.1, -0.05) is 42.5 Å². The van der Waals surface area contributed by atoms with Crippen LogP contribution in [0.3, 0.4) is 0 Å². The van der Waals surface area contributed by atoms with Crippen LogP contribution in [-0.4, -0.2) is 28.4 Å². The van der Waals surface area contributed by atoms with Gasteiger partial charge >= 0.3 is 0 Å². The van der Waals surface area contributed by atoms with Crippen LogP contribution >= 0.6 is 12.2 Å². The summed E-state index contributed by atoms with van der Waals surface area (Å²) in [5.74, 6) is 0. The molecule has 0 aromatic heterocycles. The zero-order valence-electron chi connectivity index (χ0n) is 8.71. The zero-order chi connectivity index (χ0) is 10.7. The molecular weight excluding hydrogens is 204 g/mol. The summed E-state index contributed by atoms with van der Waals surface area (Å²) in [6.45, 7) is 0.902. The van der Waals surface area contributed by atoms with Crippen LogP contribution in [0.4, 0.5) is 0 Å². The van der Waals surface area contributed by atoms with E-state index in [1.165, 1.54) is 5.56 Å². The minimum atomic E-state index is 0.209. The third kappa shape index (κ3) is 2.18. The first-order valence-electron chi connectivity index (χ1n) is 4.96. The monoisotopic (exact) mass is 218 g/mol. The molecule has 0 saturated carbocycles. The van der Waals surface area contributed by atoms with Gasteiger partial charge in [0.15, 0.2) is 0 Å². The van der Waals surface area contributed by atoms with E-state index in [0.29, 0.717) is 0 Å². The molecule has 0 bridgehead atoms. The number of thiocarbonyl (C=S) groups is 1. The van der Waals surface area contributed by atoms with Crippen molar-refractivity contribution in [3.63, 3.8) is 0 Å². The summed E-state index contributed by atoms with van der Waals surface area (Å²) >= 11 is 5.03. The van der Waals surface area contributed by atoms with Gasteiger partial charge in [0.05, 0.1) is 0 Å². The second-order valence-corrected chi connectivity index (χ2v) is 3.94. The van der Waals surface area contributed by atoms with Crippen molar-refractivity contribution in [2.24, 2.45) is 0 Å². The summed E-state index contributed by atoms with van der Waals surface area (Å²) < 4.78 is 0. The fourth-order valence-electron chi connectivity index (χ4n) is 1.72. The van der Waals surface area contributed by atoms with Crippen molar-refractivity contribution in [2.45, 2.75) is 12.7 Å². The molecular formula is C12H14N2S. The Bertz CT molecular complexity index is 361. The first-order valence-corrected chi connectivity index (χ1v) is 5.43. The molecule has 1 unspecified atom stereocenters. The lowest BCUT2D eigenvalue weighted by molar-refractivity contribution is 0.241. The molecule has 3 heteroatoms. The quantitative estimate of drug-likeness (QED) is 0.718. The van der Waals surface area contributed by atoms with Crippen molar-refractivity contribution in [3.8, 4) is 0 Å². The Morgan fingerprint density at radius 2 is 2.00 bits per heavy atom. The van der Waals surface area contributed by atoms with Crippen molar-refractivity contribution >= 4 is 17.6 Å². The molecule has 15 heavy (non-hydrogen) atoms. The summed E-state index contributed by atoms with van der Waals surface area (Å²) in [6, 6.07) is 10.4. The molecule has 1 atom stereocenters. The molecule has 0 aliphatic carbocycles. The average molecular weight is 218 g/mol. The van der Waals surface area contributed by atoms with Crippen LogP contribution in [0, 0.1) is 0 Å². The van der Waals surface area contributed by atoms with Gasteiger partial charge in [-0.05, 0) is 5.56 Å². The van der Waals surface area contributed by atoms with E-state index in [-0.39, 0.29) is 6.17 Å². The van der Waals surface area contributed by atoms with Gasteiger partial charge in [-0.15, -0.1) is 0 Å². The fraction of sp³-hybridized carbons (Fsp3) is 0.250. The highest BCUT2D eigenvalue weighted by molar-refractivity contribution is 7.79.